The Morgan fingerprint density at radius 1 is 1.38 bits per heavy atom. The Morgan fingerprint density at radius 2 is 2.12 bits per heavy atom. The van der Waals surface area contributed by atoms with Gasteiger partial charge in [0.1, 0.15) is 18.1 Å². The number of hydrogen-bond donors (Lipinski definition) is 3. The average molecular weight is 467 g/mol. The van der Waals surface area contributed by atoms with Gasteiger partial charge in [-0.25, -0.2) is 0 Å². The third kappa shape index (κ3) is 5.31. The molecule has 0 aliphatic carbocycles. The molecule has 2 heterocycles. The van der Waals surface area contributed by atoms with Gasteiger partial charge in [-0.1, -0.05) is 11.6 Å². The van der Waals surface area contributed by atoms with Crippen LogP contribution in [0.1, 0.15) is 43.5 Å². The molecule has 11 heteroatoms. The highest BCUT2D eigenvalue weighted by molar-refractivity contribution is 6.33. The summed E-state index contributed by atoms with van der Waals surface area (Å²) in [6.07, 6.45) is 0.292. The number of amides is 3. The van der Waals surface area contributed by atoms with Crippen molar-refractivity contribution in [1.29, 1.82) is 0 Å². The smallest absolute Gasteiger partial charge is 0.310 e. The summed E-state index contributed by atoms with van der Waals surface area (Å²) >= 11 is 5.96. The van der Waals surface area contributed by atoms with Crippen molar-refractivity contribution in [3.63, 3.8) is 0 Å². The van der Waals surface area contributed by atoms with E-state index in [2.05, 4.69) is 10.6 Å². The summed E-state index contributed by atoms with van der Waals surface area (Å²) < 4.78 is 10.4. The van der Waals surface area contributed by atoms with Crippen molar-refractivity contribution >= 4 is 41.0 Å². The van der Waals surface area contributed by atoms with Gasteiger partial charge in [0.25, 0.3) is 5.91 Å². The molecule has 0 bridgehead atoms. The fourth-order valence-electron chi connectivity index (χ4n) is 3.81. The van der Waals surface area contributed by atoms with Crippen LogP contribution in [0.25, 0.3) is 0 Å². The molecule has 0 spiro atoms. The maximum atomic E-state index is 13.0. The lowest BCUT2D eigenvalue weighted by molar-refractivity contribution is -0.164. The van der Waals surface area contributed by atoms with Gasteiger partial charge in [-0.05, 0) is 44.9 Å². The standard InChI is InChI=1S/C21H27ClN4O6/c1-3-31-21-15(10-17(27)32-21)25-19(29)16-5-4-8-26(16)20(30)11(2)24-18(28)12-6-7-14(23)13(22)9-12/h6-7,9,11,15-16,21H,3-5,8,10,23H2,1-2H3,(H,24,28)(H,25,29)/t11-,15-,16-,21?/m0/s1. The highest BCUT2D eigenvalue weighted by Crippen LogP contribution is 2.22. The topological polar surface area (TPSA) is 140 Å². The number of rotatable bonds is 7. The molecular weight excluding hydrogens is 440 g/mol. The van der Waals surface area contributed by atoms with Gasteiger partial charge in [-0.3, -0.25) is 19.2 Å². The number of carbonyl (C=O) groups is 4. The van der Waals surface area contributed by atoms with Crippen molar-refractivity contribution in [3.8, 4) is 0 Å². The quantitative estimate of drug-likeness (QED) is 0.399. The molecule has 2 aliphatic rings. The zero-order valence-corrected chi connectivity index (χ0v) is 18.7. The Kier molecular flexibility index (Phi) is 7.57. The molecule has 32 heavy (non-hydrogen) atoms. The maximum Gasteiger partial charge on any atom is 0.310 e. The number of nitrogens with zero attached hydrogens (tertiary/aromatic N) is 1. The Labute approximate surface area is 190 Å². The molecule has 2 fully saturated rings. The van der Waals surface area contributed by atoms with Crippen molar-refractivity contribution < 1.29 is 28.7 Å². The number of anilines is 1. The third-order valence-corrected chi connectivity index (χ3v) is 5.77. The first-order chi connectivity index (χ1) is 15.2. The fourth-order valence-corrected chi connectivity index (χ4v) is 3.99. The number of nitrogens with two attached hydrogens (primary N) is 1. The van der Waals surface area contributed by atoms with Crippen LogP contribution < -0.4 is 16.4 Å². The monoisotopic (exact) mass is 466 g/mol. The lowest BCUT2D eigenvalue weighted by Gasteiger charge is -2.28. The van der Waals surface area contributed by atoms with Crippen LogP contribution in [-0.2, 0) is 23.9 Å². The van der Waals surface area contributed by atoms with Gasteiger partial charge >= 0.3 is 5.97 Å². The van der Waals surface area contributed by atoms with E-state index >= 15 is 0 Å². The summed E-state index contributed by atoms with van der Waals surface area (Å²) in [5.74, 6) is -1.69. The Morgan fingerprint density at radius 3 is 2.81 bits per heavy atom. The first-order valence-corrected chi connectivity index (χ1v) is 10.9. The van der Waals surface area contributed by atoms with Gasteiger partial charge in [-0.15, -0.1) is 0 Å². The number of likely N-dealkylation sites (tertiary alicyclic amines) is 1. The molecule has 3 rings (SSSR count). The summed E-state index contributed by atoms with van der Waals surface area (Å²) in [7, 11) is 0. The van der Waals surface area contributed by atoms with Gasteiger partial charge in [0.15, 0.2) is 0 Å². The van der Waals surface area contributed by atoms with Gasteiger partial charge in [-0.2, -0.15) is 0 Å². The molecule has 4 atom stereocenters. The van der Waals surface area contributed by atoms with Gasteiger partial charge in [0.2, 0.25) is 18.1 Å². The van der Waals surface area contributed by atoms with E-state index in [1.54, 1.807) is 13.8 Å². The predicted molar refractivity (Wildman–Crippen MR) is 116 cm³/mol. The Bertz CT molecular complexity index is 910. The Hall–Kier alpha value is -2.85. The van der Waals surface area contributed by atoms with Crippen LogP contribution in [0.2, 0.25) is 5.02 Å². The number of cyclic esters (lactones) is 1. The van der Waals surface area contributed by atoms with E-state index in [1.165, 1.54) is 23.1 Å². The number of nitrogen functional groups attached to an aromatic ring is 1. The zero-order chi connectivity index (χ0) is 23.4. The summed E-state index contributed by atoms with van der Waals surface area (Å²) in [6, 6.07) is 2.28. The van der Waals surface area contributed by atoms with Crippen LogP contribution in [0.3, 0.4) is 0 Å². The molecule has 3 amide bonds. The second kappa shape index (κ2) is 10.2. The summed E-state index contributed by atoms with van der Waals surface area (Å²) in [5.41, 5.74) is 6.28. The van der Waals surface area contributed by atoms with Gasteiger partial charge < -0.3 is 30.7 Å². The number of ether oxygens (including phenoxy) is 2. The average Bonchev–Trinajstić information content (AvgIpc) is 3.36. The molecule has 10 nitrogen and oxygen atoms in total. The number of hydrogen-bond acceptors (Lipinski definition) is 7. The highest BCUT2D eigenvalue weighted by Gasteiger charge is 2.41. The third-order valence-electron chi connectivity index (χ3n) is 5.44. The van der Waals surface area contributed by atoms with E-state index in [0.717, 1.165) is 0 Å². The summed E-state index contributed by atoms with van der Waals surface area (Å²) in [6.45, 7) is 4.03. The van der Waals surface area contributed by atoms with Crippen molar-refractivity contribution in [2.45, 2.75) is 57.5 Å². The Balaban J connectivity index is 1.61. The molecule has 0 aromatic heterocycles. The molecule has 1 unspecified atom stereocenters. The number of nitrogens with one attached hydrogen (secondary N) is 2. The minimum atomic E-state index is -0.861. The molecule has 1 aromatic rings. The number of benzene rings is 1. The number of halogens is 1. The van der Waals surface area contributed by atoms with E-state index in [9.17, 15) is 19.2 Å². The summed E-state index contributed by atoms with van der Waals surface area (Å²) in [4.78, 5) is 51.4. The maximum absolute atomic E-state index is 13.0. The SMILES string of the molecule is CCOC1OC(=O)C[C@@H]1NC(=O)[C@@H]1CCCN1C(=O)[C@H](C)NC(=O)c1ccc(N)c(Cl)c1. The van der Waals surface area contributed by atoms with Crippen LogP contribution in [0.4, 0.5) is 5.69 Å². The lowest BCUT2D eigenvalue weighted by Crippen LogP contribution is -2.54. The molecule has 1 aromatic carbocycles. The van der Waals surface area contributed by atoms with E-state index in [1.807, 2.05) is 0 Å². The van der Waals surface area contributed by atoms with Crippen LogP contribution in [-0.4, -0.2) is 66.2 Å². The van der Waals surface area contributed by atoms with E-state index in [0.29, 0.717) is 31.7 Å². The molecular formula is C21H27ClN4O6. The highest BCUT2D eigenvalue weighted by atomic mass is 35.5. The fraction of sp³-hybridized carbons (Fsp3) is 0.524. The minimum absolute atomic E-state index is 0.00762. The summed E-state index contributed by atoms with van der Waals surface area (Å²) in [5, 5.41) is 5.65. The van der Waals surface area contributed by atoms with E-state index < -0.39 is 36.3 Å². The van der Waals surface area contributed by atoms with Crippen LogP contribution in [0, 0.1) is 0 Å². The largest absolute Gasteiger partial charge is 0.433 e. The van der Waals surface area contributed by atoms with E-state index in [-0.39, 0.29) is 28.8 Å². The van der Waals surface area contributed by atoms with Crippen molar-refractivity contribution in [1.82, 2.24) is 15.5 Å². The second-order valence-electron chi connectivity index (χ2n) is 7.75. The lowest BCUT2D eigenvalue weighted by atomic mass is 10.1. The molecule has 2 saturated heterocycles. The molecule has 4 N–H and O–H groups in total. The van der Waals surface area contributed by atoms with Gasteiger partial charge in [0, 0.05) is 18.7 Å². The van der Waals surface area contributed by atoms with Crippen molar-refractivity contribution in [2.24, 2.45) is 0 Å². The van der Waals surface area contributed by atoms with Gasteiger partial charge in [0.05, 0.1) is 17.1 Å². The van der Waals surface area contributed by atoms with Crippen LogP contribution >= 0.6 is 11.6 Å². The first-order valence-electron chi connectivity index (χ1n) is 10.5. The van der Waals surface area contributed by atoms with Crippen molar-refractivity contribution in [3.05, 3.63) is 28.8 Å². The molecule has 0 saturated carbocycles. The minimum Gasteiger partial charge on any atom is -0.433 e. The molecule has 0 radical (unpaired) electrons. The number of esters is 1. The first kappa shape index (κ1) is 23.8. The van der Waals surface area contributed by atoms with Crippen molar-refractivity contribution in [2.75, 3.05) is 18.9 Å². The van der Waals surface area contributed by atoms with E-state index in [4.69, 9.17) is 26.8 Å². The predicted octanol–water partition coefficient (Wildman–Crippen LogP) is 0.826. The second-order valence-corrected chi connectivity index (χ2v) is 8.16. The van der Waals surface area contributed by atoms with Crippen LogP contribution in [0.5, 0.6) is 0 Å². The molecule has 2 aliphatic heterocycles. The molecule has 174 valence electrons. The number of carbonyl (C=O) groups excluding carboxylic acids is 4. The normalized spacial score (nSPS) is 23.5. The zero-order valence-electron chi connectivity index (χ0n) is 17.9. The van der Waals surface area contributed by atoms with Crippen LogP contribution in [0.15, 0.2) is 18.2 Å².